The number of rotatable bonds is 3. The number of nitrogens with zero attached hydrogens (tertiary/aromatic N) is 6. The summed E-state index contributed by atoms with van der Waals surface area (Å²) in [4.78, 5) is 9.31. The summed E-state index contributed by atoms with van der Waals surface area (Å²) in [7, 11) is -1.80. The normalized spacial score (nSPS) is 16.1. The lowest BCUT2D eigenvalue weighted by atomic mass is 10.3. The molecule has 1 saturated heterocycles. The van der Waals surface area contributed by atoms with Crippen LogP contribution in [-0.2, 0) is 9.84 Å². The third-order valence-corrected chi connectivity index (χ3v) is 7.90. The number of halogens is 1. The number of aromatic nitrogens is 4. The van der Waals surface area contributed by atoms with Crippen LogP contribution in [0.4, 0.5) is 5.82 Å². The summed E-state index contributed by atoms with van der Waals surface area (Å²) in [6.07, 6.45) is 0. The molecule has 1 aromatic carbocycles. The van der Waals surface area contributed by atoms with E-state index in [-0.39, 0.29) is 15.6 Å². The number of fused-ring (bicyclic) bond motifs is 3. The van der Waals surface area contributed by atoms with Crippen LogP contribution in [-0.4, -0.2) is 66.4 Å². The van der Waals surface area contributed by atoms with Crippen LogP contribution in [0.3, 0.4) is 0 Å². The van der Waals surface area contributed by atoms with Crippen molar-refractivity contribution >= 4 is 54.5 Å². The zero-order valence-electron chi connectivity index (χ0n) is 15.5. The molecule has 29 heavy (non-hydrogen) atoms. The molecule has 0 saturated carbocycles. The van der Waals surface area contributed by atoms with E-state index in [1.165, 1.54) is 16.6 Å². The van der Waals surface area contributed by atoms with Crippen LogP contribution in [0.25, 0.3) is 15.9 Å². The first-order valence-corrected chi connectivity index (χ1v) is 11.8. The molecular formula is C18H17ClN6O2S2. The minimum absolute atomic E-state index is 0.109. The van der Waals surface area contributed by atoms with Crippen molar-refractivity contribution in [3.63, 3.8) is 0 Å². The van der Waals surface area contributed by atoms with Gasteiger partial charge in [0.15, 0.2) is 11.5 Å². The highest BCUT2D eigenvalue weighted by Gasteiger charge is 2.28. The van der Waals surface area contributed by atoms with E-state index in [2.05, 4.69) is 27.2 Å². The first-order chi connectivity index (χ1) is 13.9. The maximum absolute atomic E-state index is 13.2. The molecule has 8 nitrogen and oxygen atoms in total. The van der Waals surface area contributed by atoms with Gasteiger partial charge < -0.3 is 9.80 Å². The van der Waals surface area contributed by atoms with Crippen molar-refractivity contribution in [1.29, 1.82) is 0 Å². The number of benzene rings is 1. The number of sulfone groups is 1. The molecule has 0 N–H and O–H groups in total. The summed E-state index contributed by atoms with van der Waals surface area (Å²) in [6, 6.07) is 7.93. The second-order valence-corrected chi connectivity index (χ2v) is 10.2. The van der Waals surface area contributed by atoms with Crippen LogP contribution < -0.4 is 4.90 Å². The molecule has 4 heterocycles. The molecule has 1 aliphatic rings. The smallest absolute Gasteiger partial charge is 0.229 e. The second kappa shape index (κ2) is 6.91. The van der Waals surface area contributed by atoms with Gasteiger partial charge in [0, 0.05) is 31.2 Å². The molecule has 11 heteroatoms. The third-order valence-electron chi connectivity index (χ3n) is 5.09. The predicted molar refractivity (Wildman–Crippen MR) is 113 cm³/mol. The van der Waals surface area contributed by atoms with Gasteiger partial charge in [-0.2, -0.15) is 4.52 Å². The number of likely N-dealkylation sites (N-methyl/N-ethyl adjacent to an activating group) is 1. The van der Waals surface area contributed by atoms with Gasteiger partial charge in [0.05, 0.1) is 15.1 Å². The number of anilines is 1. The van der Waals surface area contributed by atoms with Crippen LogP contribution in [0.2, 0.25) is 5.02 Å². The Labute approximate surface area is 176 Å². The minimum atomic E-state index is -3.89. The minimum Gasteiger partial charge on any atom is -0.353 e. The topological polar surface area (TPSA) is 83.7 Å². The van der Waals surface area contributed by atoms with Gasteiger partial charge in [0.2, 0.25) is 14.9 Å². The van der Waals surface area contributed by atoms with E-state index in [4.69, 9.17) is 16.6 Å². The number of hydrogen-bond donors (Lipinski definition) is 0. The standard InChI is InChI=1S/C18H17ClN6O2S2/c1-23-7-9-24(10-8-23)16-15-14(6-11-28-15)25-17(20-16)18(21-22-25)29(26,27)13-4-2-12(19)3-5-13/h2-6,11H,7-10H2,1H3. The molecule has 4 aromatic rings. The van der Waals surface area contributed by atoms with Crippen molar-refractivity contribution in [2.24, 2.45) is 0 Å². The first-order valence-electron chi connectivity index (χ1n) is 9.02. The highest BCUT2D eigenvalue weighted by Crippen LogP contribution is 2.33. The molecule has 3 aromatic heterocycles. The SMILES string of the molecule is CN1CCN(c2nc3c(S(=O)(=O)c4ccc(Cl)cc4)nnn3c3ccsc23)CC1. The zero-order chi connectivity index (χ0) is 20.2. The van der Waals surface area contributed by atoms with Crippen molar-refractivity contribution in [3.8, 4) is 0 Å². The highest BCUT2D eigenvalue weighted by atomic mass is 35.5. The van der Waals surface area contributed by atoms with Crippen LogP contribution in [0.15, 0.2) is 45.6 Å². The second-order valence-electron chi connectivity index (χ2n) is 6.95. The molecule has 0 aliphatic carbocycles. The summed E-state index contributed by atoms with van der Waals surface area (Å²) in [6.45, 7) is 3.50. The van der Waals surface area contributed by atoms with E-state index >= 15 is 0 Å². The lowest BCUT2D eigenvalue weighted by molar-refractivity contribution is 0.312. The number of piperazine rings is 1. The van der Waals surface area contributed by atoms with Gasteiger partial charge in [0.25, 0.3) is 0 Å². The Morgan fingerprint density at radius 3 is 2.52 bits per heavy atom. The Bertz CT molecular complexity index is 1310. The van der Waals surface area contributed by atoms with Crippen molar-refractivity contribution in [2.75, 3.05) is 38.1 Å². The van der Waals surface area contributed by atoms with Crippen molar-refractivity contribution < 1.29 is 8.42 Å². The lowest BCUT2D eigenvalue weighted by Gasteiger charge is -2.33. The van der Waals surface area contributed by atoms with Crippen LogP contribution in [0.5, 0.6) is 0 Å². The maximum atomic E-state index is 13.2. The fraction of sp³-hybridized carbons (Fsp3) is 0.278. The van der Waals surface area contributed by atoms with E-state index < -0.39 is 9.84 Å². The predicted octanol–water partition coefficient (Wildman–Crippen LogP) is 2.58. The van der Waals surface area contributed by atoms with Gasteiger partial charge in [0.1, 0.15) is 0 Å². The largest absolute Gasteiger partial charge is 0.353 e. The van der Waals surface area contributed by atoms with Gasteiger partial charge in [-0.1, -0.05) is 16.8 Å². The fourth-order valence-electron chi connectivity index (χ4n) is 3.44. The monoisotopic (exact) mass is 448 g/mol. The average molecular weight is 449 g/mol. The summed E-state index contributed by atoms with van der Waals surface area (Å²) >= 11 is 7.47. The Balaban J connectivity index is 1.70. The maximum Gasteiger partial charge on any atom is 0.229 e. The summed E-state index contributed by atoms with van der Waals surface area (Å²) in [5, 5.41) is 10.4. The molecule has 0 unspecified atom stereocenters. The summed E-state index contributed by atoms with van der Waals surface area (Å²) in [5.41, 5.74) is 1.04. The van der Waals surface area contributed by atoms with Gasteiger partial charge >= 0.3 is 0 Å². The quantitative estimate of drug-likeness (QED) is 0.476. The fourth-order valence-corrected chi connectivity index (χ4v) is 5.69. The van der Waals surface area contributed by atoms with Crippen molar-refractivity contribution in [3.05, 3.63) is 40.7 Å². The van der Waals surface area contributed by atoms with E-state index in [0.717, 1.165) is 42.2 Å². The van der Waals surface area contributed by atoms with Crippen LogP contribution >= 0.6 is 22.9 Å². The van der Waals surface area contributed by atoms with E-state index in [1.54, 1.807) is 23.5 Å². The summed E-state index contributed by atoms with van der Waals surface area (Å²) < 4.78 is 28.9. The van der Waals surface area contributed by atoms with Gasteiger partial charge in [-0.3, -0.25) is 0 Å². The molecule has 1 aliphatic heterocycles. The zero-order valence-corrected chi connectivity index (χ0v) is 17.9. The highest BCUT2D eigenvalue weighted by molar-refractivity contribution is 7.91. The summed E-state index contributed by atoms with van der Waals surface area (Å²) in [5.74, 6) is 0.783. The molecule has 0 spiro atoms. The first kappa shape index (κ1) is 18.7. The molecule has 5 rings (SSSR count). The van der Waals surface area contributed by atoms with Gasteiger partial charge in [-0.25, -0.2) is 13.4 Å². The molecule has 0 amide bonds. The Hall–Kier alpha value is -2.27. The number of thiophene rings is 1. The van der Waals surface area contributed by atoms with Crippen LogP contribution in [0, 0.1) is 0 Å². The molecule has 0 radical (unpaired) electrons. The van der Waals surface area contributed by atoms with E-state index in [9.17, 15) is 8.42 Å². The molecule has 0 bridgehead atoms. The Morgan fingerprint density at radius 1 is 1.07 bits per heavy atom. The lowest BCUT2D eigenvalue weighted by Crippen LogP contribution is -2.44. The number of hydrogen-bond acceptors (Lipinski definition) is 8. The average Bonchev–Trinajstić information content (AvgIpc) is 3.35. The Morgan fingerprint density at radius 2 is 1.79 bits per heavy atom. The van der Waals surface area contributed by atoms with E-state index in [0.29, 0.717) is 5.02 Å². The molecule has 1 fully saturated rings. The molecule has 0 atom stereocenters. The molecule has 150 valence electrons. The van der Waals surface area contributed by atoms with E-state index in [1.807, 2.05) is 11.4 Å². The third kappa shape index (κ3) is 3.07. The molecular weight excluding hydrogens is 432 g/mol. The van der Waals surface area contributed by atoms with Gasteiger partial charge in [-0.05, 0) is 42.8 Å². The van der Waals surface area contributed by atoms with Gasteiger partial charge in [-0.15, -0.1) is 16.4 Å². The Kier molecular flexibility index (Phi) is 4.46. The van der Waals surface area contributed by atoms with Crippen molar-refractivity contribution in [1.82, 2.24) is 24.7 Å². The van der Waals surface area contributed by atoms with Crippen molar-refractivity contribution in [2.45, 2.75) is 9.92 Å². The van der Waals surface area contributed by atoms with Crippen LogP contribution in [0.1, 0.15) is 0 Å².